The second-order valence-corrected chi connectivity index (χ2v) is 3.71. The minimum absolute atomic E-state index is 0.703. The van der Waals surface area contributed by atoms with E-state index in [1.165, 1.54) is 44.9 Å². The van der Waals surface area contributed by atoms with Gasteiger partial charge >= 0.3 is 0 Å². The number of rotatable bonds is 8. The first-order valence-corrected chi connectivity index (χ1v) is 5.43. The molecule has 0 aromatic carbocycles. The molecule has 2 radical (unpaired) electrons. The first-order valence-electron chi connectivity index (χ1n) is 5.43. The van der Waals surface area contributed by atoms with Crippen LogP contribution in [0.25, 0.3) is 0 Å². The van der Waals surface area contributed by atoms with Crippen molar-refractivity contribution in [2.24, 2.45) is 5.92 Å². The lowest BCUT2D eigenvalue weighted by molar-refractivity contribution is 0.483. The summed E-state index contributed by atoms with van der Waals surface area (Å²) < 4.78 is 0. The molecule has 0 rings (SSSR count). The lowest BCUT2D eigenvalue weighted by Gasteiger charge is -2.09. The molecule has 0 saturated heterocycles. The van der Waals surface area contributed by atoms with Gasteiger partial charge in [0.25, 0.3) is 0 Å². The number of hydrogen-bond acceptors (Lipinski definition) is 0. The van der Waals surface area contributed by atoms with Gasteiger partial charge in [-0.2, -0.15) is 0 Å². The molecule has 0 heteroatoms. The Hall–Kier alpha value is 0. The molecular weight excluding hydrogens is 144 g/mol. The summed E-state index contributed by atoms with van der Waals surface area (Å²) in [5.41, 5.74) is 0. The van der Waals surface area contributed by atoms with Gasteiger partial charge < -0.3 is 0 Å². The topological polar surface area (TPSA) is 0 Å². The van der Waals surface area contributed by atoms with E-state index in [-0.39, 0.29) is 0 Å². The first-order chi connectivity index (χ1) is 5.81. The predicted octanol–water partition coefficient (Wildman–Crippen LogP) is 4.41. The van der Waals surface area contributed by atoms with Crippen molar-refractivity contribution in [1.82, 2.24) is 0 Å². The fourth-order valence-corrected chi connectivity index (χ4v) is 1.42. The van der Waals surface area contributed by atoms with Crippen molar-refractivity contribution in [1.29, 1.82) is 0 Å². The van der Waals surface area contributed by atoms with Gasteiger partial charge in [0.1, 0.15) is 0 Å². The minimum atomic E-state index is 0.703. The SMILES string of the molecule is [CH2]CCCCCC([CH2])CCCC. The predicted molar refractivity (Wildman–Crippen MR) is 56.8 cm³/mol. The van der Waals surface area contributed by atoms with Crippen LogP contribution in [0.2, 0.25) is 0 Å². The maximum absolute atomic E-state index is 4.16. The first kappa shape index (κ1) is 12.0. The van der Waals surface area contributed by atoms with E-state index in [0.29, 0.717) is 5.92 Å². The Morgan fingerprint density at radius 3 is 2.25 bits per heavy atom. The fourth-order valence-electron chi connectivity index (χ4n) is 1.42. The fraction of sp³-hybridized carbons (Fsp3) is 0.833. The summed E-state index contributed by atoms with van der Waals surface area (Å²) in [5.74, 6) is 0.703. The summed E-state index contributed by atoms with van der Waals surface area (Å²) in [6, 6.07) is 0. The summed E-state index contributed by atoms with van der Waals surface area (Å²) in [5, 5.41) is 0. The third kappa shape index (κ3) is 8.10. The van der Waals surface area contributed by atoms with E-state index in [0.717, 1.165) is 6.42 Å². The van der Waals surface area contributed by atoms with Gasteiger partial charge in [-0.15, -0.1) is 0 Å². The largest absolute Gasteiger partial charge is 0.0654 e. The molecule has 0 saturated carbocycles. The Labute approximate surface area is 78.8 Å². The Bertz CT molecular complexity index is 76.1. The molecule has 0 aliphatic carbocycles. The normalized spacial score (nSPS) is 13.2. The number of unbranched alkanes of at least 4 members (excludes halogenated alkanes) is 4. The summed E-state index contributed by atoms with van der Waals surface area (Å²) in [6.45, 7) is 10.2. The average Bonchev–Trinajstić information content (AvgIpc) is 2.09. The van der Waals surface area contributed by atoms with Crippen molar-refractivity contribution in [3.8, 4) is 0 Å². The zero-order valence-electron chi connectivity index (χ0n) is 8.65. The number of hydrogen-bond donors (Lipinski definition) is 0. The molecule has 0 nitrogen and oxygen atoms in total. The van der Waals surface area contributed by atoms with Crippen molar-refractivity contribution in [3.05, 3.63) is 13.8 Å². The standard InChI is InChI=1S/C12H24/c1-4-6-8-9-11-12(3)10-7-5-2/h12H,1,3-11H2,2H3. The van der Waals surface area contributed by atoms with E-state index in [1.807, 2.05) is 0 Å². The molecular formula is C12H24. The van der Waals surface area contributed by atoms with Gasteiger partial charge in [-0.1, -0.05) is 72.1 Å². The monoisotopic (exact) mass is 168 g/mol. The highest BCUT2D eigenvalue weighted by molar-refractivity contribution is 4.61. The molecule has 0 spiro atoms. The van der Waals surface area contributed by atoms with Crippen molar-refractivity contribution < 1.29 is 0 Å². The average molecular weight is 168 g/mol. The van der Waals surface area contributed by atoms with Crippen LogP contribution < -0.4 is 0 Å². The van der Waals surface area contributed by atoms with E-state index >= 15 is 0 Å². The van der Waals surface area contributed by atoms with Crippen LogP contribution in [0.15, 0.2) is 0 Å². The van der Waals surface area contributed by atoms with Crippen LogP contribution in [0.4, 0.5) is 0 Å². The van der Waals surface area contributed by atoms with Crippen LogP contribution in [-0.2, 0) is 0 Å². The van der Waals surface area contributed by atoms with E-state index < -0.39 is 0 Å². The van der Waals surface area contributed by atoms with E-state index in [9.17, 15) is 0 Å². The molecule has 0 fully saturated rings. The second-order valence-electron chi connectivity index (χ2n) is 3.71. The highest BCUT2D eigenvalue weighted by atomic mass is 14.1. The molecule has 72 valence electrons. The zero-order chi connectivity index (χ0) is 9.23. The quantitative estimate of drug-likeness (QED) is 0.471. The summed E-state index contributed by atoms with van der Waals surface area (Å²) in [6.07, 6.45) is 10.4. The Kier molecular flexibility index (Phi) is 9.09. The van der Waals surface area contributed by atoms with Crippen molar-refractivity contribution in [3.63, 3.8) is 0 Å². The Balaban J connectivity index is 3.02. The molecule has 0 aromatic heterocycles. The third-order valence-corrected chi connectivity index (χ3v) is 2.33. The minimum Gasteiger partial charge on any atom is -0.0654 e. The smallest absolute Gasteiger partial charge is 0.0414 e. The third-order valence-electron chi connectivity index (χ3n) is 2.33. The van der Waals surface area contributed by atoms with Crippen LogP contribution >= 0.6 is 0 Å². The summed E-state index contributed by atoms with van der Waals surface area (Å²) >= 11 is 0. The Morgan fingerprint density at radius 2 is 1.67 bits per heavy atom. The van der Waals surface area contributed by atoms with Crippen LogP contribution in [0.3, 0.4) is 0 Å². The van der Waals surface area contributed by atoms with Crippen LogP contribution in [0.5, 0.6) is 0 Å². The lowest BCUT2D eigenvalue weighted by Crippen LogP contribution is -1.94. The molecule has 0 heterocycles. The summed E-state index contributed by atoms with van der Waals surface area (Å²) in [4.78, 5) is 0. The van der Waals surface area contributed by atoms with E-state index in [2.05, 4.69) is 20.8 Å². The van der Waals surface area contributed by atoms with E-state index in [4.69, 9.17) is 0 Å². The molecule has 1 unspecified atom stereocenters. The highest BCUT2D eigenvalue weighted by Crippen LogP contribution is 2.15. The van der Waals surface area contributed by atoms with Crippen molar-refractivity contribution in [2.75, 3.05) is 0 Å². The van der Waals surface area contributed by atoms with Crippen LogP contribution in [0.1, 0.15) is 58.3 Å². The molecule has 0 N–H and O–H groups in total. The van der Waals surface area contributed by atoms with Gasteiger partial charge in [-0.05, 0) is 5.92 Å². The van der Waals surface area contributed by atoms with Crippen molar-refractivity contribution >= 4 is 0 Å². The molecule has 0 aliphatic heterocycles. The zero-order valence-corrected chi connectivity index (χ0v) is 8.65. The second kappa shape index (κ2) is 9.09. The molecule has 12 heavy (non-hydrogen) atoms. The molecule has 0 aliphatic rings. The van der Waals surface area contributed by atoms with E-state index in [1.54, 1.807) is 0 Å². The van der Waals surface area contributed by atoms with Gasteiger partial charge in [0.05, 0.1) is 0 Å². The highest BCUT2D eigenvalue weighted by Gasteiger charge is 2.00. The van der Waals surface area contributed by atoms with Crippen LogP contribution in [0, 0.1) is 19.8 Å². The van der Waals surface area contributed by atoms with Crippen LogP contribution in [-0.4, -0.2) is 0 Å². The molecule has 0 aromatic rings. The van der Waals surface area contributed by atoms with Gasteiger partial charge in [0, 0.05) is 0 Å². The van der Waals surface area contributed by atoms with Gasteiger partial charge in [0.2, 0.25) is 0 Å². The maximum Gasteiger partial charge on any atom is -0.0414 e. The molecule has 0 amide bonds. The van der Waals surface area contributed by atoms with Crippen molar-refractivity contribution in [2.45, 2.75) is 58.3 Å². The summed E-state index contributed by atoms with van der Waals surface area (Å²) in [7, 11) is 0. The lowest BCUT2D eigenvalue weighted by atomic mass is 9.97. The van der Waals surface area contributed by atoms with Gasteiger partial charge in [-0.3, -0.25) is 0 Å². The molecule has 1 atom stereocenters. The maximum atomic E-state index is 4.16. The molecule has 0 bridgehead atoms. The van der Waals surface area contributed by atoms with Gasteiger partial charge in [0.15, 0.2) is 0 Å². The van der Waals surface area contributed by atoms with Gasteiger partial charge in [-0.25, -0.2) is 0 Å². The Morgan fingerprint density at radius 1 is 1.00 bits per heavy atom.